The summed E-state index contributed by atoms with van der Waals surface area (Å²) in [7, 11) is -2.86. The highest BCUT2D eigenvalue weighted by Crippen LogP contribution is 2.73. The molecule has 1 spiro atoms. The number of hydrogen-bond donors (Lipinski definition) is 0. The second-order valence-electron chi connectivity index (χ2n) is 16.4. The van der Waals surface area contributed by atoms with Crippen LogP contribution in [0.4, 0.5) is 0 Å². The molecule has 0 aromatic carbocycles. The summed E-state index contributed by atoms with van der Waals surface area (Å²) < 4.78 is 42.6. The van der Waals surface area contributed by atoms with Gasteiger partial charge in [-0.15, -0.1) is 0 Å². The predicted octanol–water partition coefficient (Wildman–Crippen LogP) is 6.70. The van der Waals surface area contributed by atoms with Crippen molar-refractivity contribution < 1.29 is 27.8 Å². The van der Waals surface area contributed by atoms with Gasteiger partial charge in [0.15, 0.2) is 11.6 Å². The lowest BCUT2D eigenvalue weighted by Crippen LogP contribution is -2.90. The monoisotopic (exact) mass is 524 g/mol. The van der Waals surface area contributed by atoms with Crippen LogP contribution in [-0.2, 0) is 27.8 Å². The van der Waals surface area contributed by atoms with Crippen LogP contribution >= 0.6 is 0 Å². The van der Waals surface area contributed by atoms with Crippen LogP contribution in [0.5, 0.6) is 0 Å². The van der Waals surface area contributed by atoms with Gasteiger partial charge in [0.25, 0.3) is 0 Å². The highest BCUT2D eigenvalue weighted by Gasteiger charge is 2.85. The van der Waals surface area contributed by atoms with Gasteiger partial charge >= 0.3 is 8.56 Å². The molecule has 0 N–H and O–H groups in total. The topological polar surface area (TPSA) is 55.4 Å². The van der Waals surface area contributed by atoms with Gasteiger partial charge in [-0.3, -0.25) is 0 Å². The SMILES string of the molecule is CC1(C)O[C@H]2C3C(C)(C)CC[C@@H]4OC(C)(C)O[C@@]5(CO[Si](C(C)(C)C)(C(C)(C)C)O[C@]5(C)[C@H]2O1)[C@]34C. The van der Waals surface area contributed by atoms with E-state index in [4.69, 9.17) is 27.8 Å². The van der Waals surface area contributed by atoms with E-state index in [0.717, 1.165) is 12.8 Å². The zero-order valence-corrected chi connectivity index (χ0v) is 26.4. The molecule has 0 aromatic rings. The Bertz CT molecular complexity index is 917. The summed E-state index contributed by atoms with van der Waals surface area (Å²) in [6.07, 6.45) is 1.65. The molecule has 1 unspecified atom stereocenters. The van der Waals surface area contributed by atoms with Crippen LogP contribution in [-0.4, -0.2) is 56.3 Å². The Morgan fingerprint density at radius 2 is 1.33 bits per heavy atom. The highest BCUT2D eigenvalue weighted by molar-refractivity contribution is 6.73. The molecule has 0 amide bonds. The van der Waals surface area contributed by atoms with Crippen molar-refractivity contribution in [1.29, 1.82) is 0 Å². The minimum Gasteiger partial charge on any atom is -0.390 e. The molecule has 36 heavy (non-hydrogen) atoms. The van der Waals surface area contributed by atoms with E-state index < -0.39 is 31.3 Å². The number of ether oxygens (including phenoxy) is 4. The van der Waals surface area contributed by atoms with Crippen LogP contribution in [0.15, 0.2) is 0 Å². The van der Waals surface area contributed by atoms with Crippen molar-refractivity contribution in [1.82, 2.24) is 0 Å². The minimum absolute atomic E-state index is 0.0116. The molecule has 6 nitrogen and oxygen atoms in total. The number of rotatable bonds is 0. The molecular formula is C29H52O6Si. The van der Waals surface area contributed by atoms with E-state index in [9.17, 15) is 0 Å². The summed E-state index contributed by atoms with van der Waals surface area (Å²) in [5.74, 6) is -1.32. The lowest BCUT2D eigenvalue weighted by molar-refractivity contribution is -0.466. The Balaban J connectivity index is 1.81. The van der Waals surface area contributed by atoms with Gasteiger partial charge < -0.3 is 27.8 Å². The van der Waals surface area contributed by atoms with E-state index in [0.29, 0.717) is 6.61 Å². The molecule has 0 aromatic heterocycles. The van der Waals surface area contributed by atoms with Gasteiger partial charge in [-0.25, -0.2) is 0 Å². The first-order valence-corrected chi connectivity index (χ1v) is 15.9. The Kier molecular flexibility index (Phi) is 5.49. The van der Waals surface area contributed by atoms with Crippen molar-refractivity contribution in [2.75, 3.05) is 6.61 Å². The van der Waals surface area contributed by atoms with Crippen molar-refractivity contribution in [3.05, 3.63) is 0 Å². The average molecular weight is 525 g/mol. The molecule has 7 heteroatoms. The maximum absolute atomic E-state index is 7.68. The van der Waals surface area contributed by atoms with Gasteiger partial charge in [-0.1, -0.05) is 62.3 Å². The Labute approximate surface area is 220 Å². The van der Waals surface area contributed by atoms with Crippen LogP contribution in [0, 0.1) is 16.7 Å². The summed E-state index contributed by atoms with van der Waals surface area (Å²) in [5, 5.41) is -0.325. The van der Waals surface area contributed by atoms with E-state index in [1.54, 1.807) is 0 Å². The predicted molar refractivity (Wildman–Crippen MR) is 142 cm³/mol. The normalized spacial score (nSPS) is 48.5. The van der Waals surface area contributed by atoms with Crippen LogP contribution in [0.3, 0.4) is 0 Å². The molecule has 5 rings (SSSR count). The Hall–Kier alpha value is -0.0231. The second-order valence-corrected chi connectivity index (χ2v) is 21.1. The van der Waals surface area contributed by atoms with Gasteiger partial charge in [0, 0.05) is 21.4 Å². The Morgan fingerprint density at radius 1 is 0.750 bits per heavy atom. The number of hydrogen-bond acceptors (Lipinski definition) is 6. The zero-order valence-electron chi connectivity index (χ0n) is 25.4. The highest BCUT2D eigenvalue weighted by atomic mass is 28.4. The first kappa shape index (κ1) is 27.5. The van der Waals surface area contributed by atoms with Gasteiger partial charge in [-0.2, -0.15) is 0 Å². The zero-order chi connectivity index (χ0) is 27.2. The minimum atomic E-state index is -2.86. The fraction of sp³-hybridized carbons (Fsp3) is 1.00. The second kappa shape index (κ2) is 7.18. The quantitative estimate of drug-likeness (QED) is 0.329. The van der Waals surface area contributed by atoms with Crippen molar-refractivity contribution in [3.63, 3.8) is 0 Å². The van der Waals surface area contributed by atoms with Crippen molar-refractivity contribution in [2.24, 2.45) is 16.7 Å². The third kappa shape index (κ3) is 3.17. The van der Waals surface area contributed by atoms with Crippen LogP contribution < -0.4 is 0 Å². The van der Waals surface area contributed by atoms with Crippen molar-refractivity contribution in [3.8, 4) is 0 Å². The van der Waals surface area contributed by atoms with Gasteiger partial charge in [0.2, 0.25) is 0 Å². The summed E-state index contributed by atoms with van der Waals surface area (Å²) in [4.78, 5) is 0. The van der Waals surface area contributed by atoms with Crippen LogP contribution in [0.25, 0.3) is 0 Å². The smallest absolute Gasteiger partial charge is 0.350 e. The summed E-state index contributed by atoms with van der Waals surface area (Å²) in [5.41, 5.74) is -1.91. The summed E-state index contributed by atoms with van der Waals surface area (Å²) in [6.45, 7) is 31.7. The number of fused-ring (bicyclic) bond motifs is 3. The molecule has 5 aliphatic rings. The molecule has 5 fully saturated rings. The molecule has 3 heterocycles. The largest absolute Gasteiger partial charge is 0.390 e. The first-order chi connectivity index (χ1) is 16.0. The lowest BCUT2D eigenvalue weighted by atomic mass is 9.41. The standard InChI is InChI=1S/C29H52O6Si/c1-22(2,3)36(23(4,5)6)30-17-29-27(13)18(31-26(11,12)34-29)15-16-24(7,8)20(27)19-21(28(29,14)35-36)33-25(9,10)32-19/h18-21H,15-17H2,1-14H3/t18-,19-,20?,21-,27-,28+,29-/m0/s1. The Morgan fingerprint density at radius 3 is 1.89 bits per heavy atom. The van der Waals surface area contributed by atoms with Crippen LogP contribution in [0.1, 0.15) is 110 Å². The molecule has 7 atom stereocenters. The van der Waals surface area contributed by atoms with E-state index in [2.05, 4.69) is 69.2 Å². The molecular weight excluding hydrogens is 472 g/mol. The van der Waals surface area contributed by atoms with E-state index in [1.165, 1.54) is 0 Å². The maximum atomic E-state index is 7.68. The fourth-order valence-corrected chi connectivity index (χ4v) is 14.6. The summed E-state index contributed by atoms with van der Waals surface area (Å²) >= 11 is 0. The molecule has 2 aliphatic carbocycles. The van der Waals surface area contributed by atoms with Crippen molar-refractivity contribution in [2.45, 2.75) is 161 Å². The molecule has 3 aliphatic heterocycles. The molecule has 0 radical (unpaired) electrons. The molecule has 2 saturated carbocycles. The average Bonchev–Trinajstić information content (AvgIpc) is 2.98. The van der Waals surface area contributed by atoms with E-state index in [-0.39, 0.29) is 45.1 Å². The first-order valence-electron chi connectivity index (χ1n) is 14.1. The molecule has 0 bridgehead atoms. The third-order valence-electron chi connectivity index (χ3n) is 10.5. The van der Waals surface area contributed by atoms with E-state index in [1.807, 2.05) is 27.7 Å². The van der Waals surface area contributed by atoms with E-state index >= 15 is 0 Å². The van der Waals surface area contributed by atoms with Crippen molar-refractivity contribution >= 4 is 8.56 Å². The van der Waals surface area contributed by atoms with Crippen LogP contribution in [0.2, 0.25) is 10.1 Å². The van der Waals surface area contributed by atoms with Gasteiger partial charge in [-0.05, 0) is 52.9 Å². The molecule has 3 saturated heterocycles. The lowest BCUT2D eigenvalue weighted by Gasteiger charge is -2.77. The third-order valence-corrected chi connectivity index (χ3v) is 15.7. The summed E-state index contributed by atoms with van der Waals surface area (Å²) in [6, 6.07) is 0. The van der Waals surface area contributed by atoms with Gasteiger partial charge in [0.1, 0.15) is 17.3 Å². The maximum Gasteiger partial charge on any atom is 0.350 e. The van der Waals surface area contributed by atoms with Gasteiger partial charge in [0.05, 0.1) is 18.8 Å². The molecule has 208 valence electrons. The fourth-order valence-electron chi connectivity index (χ4n) is 9.53.